The van der Waals surface area contributed by atoms with E-state index >= 15 is 0 Å². The van der Waals surface area contributed by atoms with Gasteiger partial charge in [-0.25, -0.2) is 0 Å². The predicted molar refractivity (Wildman–Crippen MR) is 57.1 cm³/mol. The molecule has 0 aromatic heterocycles. The van der Waals surface area contributed by atoms with Crippen molar-refractivity contribution in [2.45, 2.75) is 26.2 Å². The second-order valence-corrected chi connectivity index (χ2v) is 4.23. The number of nitrogens with zero attached hydrogens (tertiary/aromatic N) is 1. The summed E-state index contributed by atoms with van der Waals surface area (Å²) in [5, 5.41) is 8.47. The quantitative estimate of drug-likeness (QED) is 0.485. The van der Waals surface area contributed by atoms with Crippen molar-refractivity contribution < 1.29 is 9.90 Å². The van der Waals surface area contributed by atoms with Crippen LogP contribution in [0.15, 0.2) is 0 Å². The fraction of sp³-hybridized carbons (Fsp3) is 0.889. The third kappa shape index (κ3) is 9.70. The first kappa shape index (κ1) is 12.8. The number of aliphatic carboxylic acids is 1. The molecular weight excluding hydrogens is 186 g/mol. The monoisotopic (exact) mass is 205 g/mol. The summed E-state index contributed by atoms with van der Waals surface area (Å²) in [7, 11) is 1.83. The minimum atomic E-state index is -0.753. The number of carboxylic acids is 1. The van der Waals surface area contributed by atoms with E-state index in [9.17, 15) is 4.79 Å². The highest BCUT2D eigenvalue weighted by molar-refractivity contribution is 7.99. The van der Waals surface area contributed by atoms with E-state index in [2.05, 4.69) is 6.92 Å². The summed E-state index contributed by atoms with van der Waals surface area (Å²) in [4.78, 5) is 12.1. The molecule has 0 aliphatic carbocycles. The van der Waals surface area contributed by atoms with E-state index in [4.69, 9.17) is 5.11 Å². The Morgan fingerprint density at radius 2 is 2.15 bits per heavy atom. The van der Waals surface area contributed by atoms with Crippen molar-refractivity contribution in [3.8, 4) is 0 Å². The zero-order valence-corrected chi connectivity index (χ0v) is 9.27. The fourth-order valence-electron chi connectivity index (χ4n) is 0.951. The number of carbonyl (C=O) groups is 1. The molecule has 0 saturated carbocycles. The van der Waals surface area contributed by atoms with Crippen LogP contribution in [0.25, 0.3) is 0 Å². The van der Waals surface area contributed by atoms with Gasteiger partial charge in [0.05, 0.1) is 6.54 Å². The van der Waals surface area contributed by atoms with Crippen molar-refractivity contribution in [3.05, 3.63) is 0 Å². The summed E-state index contributed by atoms with van der Waals surface area (Å²) in [6.07, 6.45) is 3.75. The van der Waals surface area contributed by atoms with Crippen LogP contribution in [0.5, 0.6) is 0 Å². The number of hydrogen-bond donors (Lipinski definition) is 1. The van der Waals surface area contributed by atoms with Crippen LogP contribution in [-0.2, 0) is 4.79 Å². The molecule has 0 spiro atoms. The molecule has 3 nitrogen and oxygen atoms in total. The van der Waals surface area contributed by atoms with E-state index in [0.717, 1.165) is 11.6 Å². The van der Waals surface area contributed by atoms with Crippen molar-refractivity contribution in [3.63, 3.8) is 0 Å². The number of hydrogen-bond acceptors (Lipinski definition) is 3. The molecule has 0 amide bonds. The Morgan fingerprint density at radius 1 is 1.46 bits per heavy atom. The van der Waals surface area contributed by atoms with E-state index < -0.39 is 5.97 Å². The summed E-state index contributed by atoms with van der Waals surface area (Å²) in [6, 6.07) is 0. The van der Waals surface area contributed by atoms with Crippen LogP contribution in [0.3, 0.4) is 0 Å². The van der Waals surface area contributed by atoms with Gasteiger partial charge in [-0.05, 0) is 19.2 Å². The second-order valence-electron chi connectivity index (χ2n) is 3.15. The average molecular weight is 205 g/mol. The van der Waals surface area contributed by atoms with Crippen molar-refractivity contribution in [2.24, 2.45) is 0 Å². The molecule has 0 aromatic carbocycles. The molecule has 0 atom stereocenters. The van der Waals surface area contributed by atoms with E-state index in [1.165, 1.54) is 19.3 Å². The maximum Gasteiger partial charge on any atom is 0.317 e. The number of unbranched alkanes of at least 4 members (excludes halogenated alkanes) is 2. The Kier molecular flexibility index (Phi) is 8.24. The molecule has 0 bridgehead atoms. The molecule has 4 heteroatoms. The largest absolute Gasteiger partial charge is 0.480 e. The first-order chi connectivity index (χ1) is 6.16. The summed E-state index contributed by atoms with van der Waals surface area (Å²) in [6.45, 7) is 2.32. The van der Waals surface area contributed by atoms with Gasteiger partial charge in [-0.15, -0.1) is 11.8 Å². The van der Waals surface area contributed by atoms with Crippen LogP contribution in [0.4, 0.5) is 0 Å². The zero-order valence-electron chi connectivity index (χ0n) is 8.45. The Labute approximate surface area is 84.5 Å². The molecule has 0 aliphatic heterocycles. The molecule has 0 aromatic rings. The summed E-state index contributed by atoms with van der Waals surface area (Å²) < 4.78 is 0. The molecule has 0 aliphatic rings. The molecule has 1 N–H and O–H groups in total. The third-order valence-corrected chi connectivity index (χ3v) is 2.81. The maximum atomic E-state index is 10.3. The van der Waals surface area contributed by atoms with Crippen LogP contribution >= 0.6 is 11.8 Å². The van der Waals surface area contributed by atoms with E-state index in [1.54, 1.807) is 11.8 Å². The smallest absolute Gasteiger partial charge is 0.317 e. The maximum absolute atomic E-state index is 10.3. The van der Waals surface area contributed by atoms with E-state index in [1.807, 2.05) is 11.9 Å². The van der Waals surface area contributed by atoms with Gasteiger partial charge in [0.1, 0.15) is 0 Å². The van der Waals surface area contributed by atoms with Crippen LogP contribution in [0.2, 0.25) is 0 Å². The molecule has 78 valence electrons. The van der Waals surface area contributed by atoms with Crippen LogP contribution in [0, 0.1) is 0 Å². The normalized spacial score (nSPS) is 10.7. The molecule has 13 heavy (non-hydrogen) atoms. The lowest BCUT2D eigenvalue weighted by atomic mass is 10.3. The second kappa shape index (κ2) is 8.38. The fourth-order valence-corrected chi connectivity index (χ4v) is 1.89. The van der Waals surface area contributed by atoms with Crippen molar-refractivity contribution in [1.29, 1.82) is 0 Å². The zero-order chi connectivity index (χ0) is 10.1. The first-order valence-electron chi connectivity index (χ1n) is 4.65. The first-order valence-corrected chi connectivity index (χ1v) is 5.80. The van der Waals surface area contributed by atoms with Crippen molar-refractivity contribution in [2.75, 3.05) is 25.2 Å². The molecule has 0 fully saturated rings. The lowest BCUT2D eigenvalue weighted by Crippen LogP contribution is -2.25. The number of carboxylic acid groups (broad SMARTS) is 1. The third-order valence-electron chi connectivity index (χ3n) is 1.61. The van der Waals surface area contributed by atoms with Crippen LogP contribution < -0.4 is 0 Å². The van der Waals surface area contributed by atoms with Gasteiger partial charge in [-0.2, -0.15) is 0 Å². The molecule has 0 rings (SSSR count). The molecule has 0 heterocycles. The van der Waals surface area contributed by atoms with Crippen LogP contribution in [-0.4, -0.2) is 41.2 Å². The minimum Gasteiger partial charge on any atom is -0.480 e. The Balaban J connectivity index is 3.17. The highest BCUT2D eigenvalue weighted by atomic mass is 32.2. The summed E-state index contributed by atoms with van der Waals surface area (Å²) in [5.74, 6) is 1.20. The van der Waals surface area contributed by atoms with Gasteiger partial charge < -0.3 is 5.11 Å². The average Bonchev–Trinajstić information content (AvgIpc) is 2.02. The van der Waals surface area contributed by atoms with Gasteiger partial charge in [0.2, 0.25) is 0 Å². The highest BCUT2D eigenvalue weighted by Gasteiger charge is 2.02. The molecule has 0 unspecified atom stereocenters. The van der Waals surface area contributed by atoms with Crippen LogP contribution in [0.1, 0.15) is 26.2 Å². The highest BCUT2D eigenvalue weighted by Crippen LogP contribution is 2.06. The van der Waals surface area contributed by atoms with Gasteiger partial charge in [0, 0.05) is 5.88 Å². The van der Waals surface area contributed by atoms with Gasteiger partial charge >= 0.3 is 5.97 Å². The summed E-state index contributed by atoms with van der Waals surface area (Å²) in [5.41, 5.74) is 0. The van der Waals surface area contributed by atoms with E-state index in [-0.39, 0.29) is 6.54 Å². The Morgan fingerprint density at radius 3 is 2.69 bits per heavy atom. The van der Waals surface area contributed by atoms with E-state index in [0.29, 0.717) is 0 Å². The van der Waals surface area contributed by atoms with Gasteiger partial charge in [-0.3, -0.25) is 9.69 Å². The molecule has 0 saturated heterocycles. The molecule has 0 radical (unpaired) electrons. The Hall–Kier alpha value is -0.220. The van der Waals surface area contributed by atoms with Gasteiger partial charge in [0.25, 0.3) is 0 Å². The number of thioether (sulfide) groups is 1. The number of likely N-dealkylation sites (N-methyl/N-ethyl adjacent to an activating group) is 1. The lowest BCUT2D eigenvalue weighted by molar-refractivity contribution is -0.137. The lowest BCUT2D eigenvalue weighted by Gasteiger charge is -2.12. The van der Waals surface area contributed by atoms with Gasteiger partial charge in [0.15, 0.2) is 0 Å². The topological polar surface area (TPSA) is 40.5 Å². The summed E-state index contributed by atoms with van der Waals surface area (Å²) >= 11 is 1.81. The van der Waals surface area contributed by atoms with Crippen molar-refractivity contribution >= 4 is 17.7 Å². The predicted octanol–water partition coefficient (Wildman–Crippen LogP) is 1.88. The molecular formula is C9H19NO2S. The van der Waals surface area contributed by atoms with Gasteiger partial charge in [-0.1, -0.05) is 19.8 Å². The van der Waals surface area contributed by atoms with Crippen molar-refractivity contribution in [1.82, 2.24) is 4.90 Å². The minimum absolute atomic E-state index is 0.140. The number of rotatable bonds is 8. The standard InChI is InChI=1S/C9H19NO2S/c1-3-4-5-6-13-8-10(2)7-9(11)12/h3-8H2,1-2H3,(H,11,12). The Bertz CT molecular complexity index is 142. The SMILES string of the molecule is CCCCCSCN(C)CC(=O)O.